The van der Waals surface area contributed by atoms with Gasteiger partial charge in [0, 0.05) is 19.0 Å². The quantitative estimate of drug-likeness (QED) is 0.858. The lowest BCUT2D eigenvalue weighted by Crippen LogP contribution is -2.38. The van der Waals surface area contributed by atoms with Crippen LogP contribution in [0.2, 0.25) is 0 Å². The molecule has 1 N–H and O–H groups in total. The average Bonchev–Trinajstić information content (AvgIpc) is 3.18. The third-order valence-corrected chi connectivity index (χ3v) is 4.13. The molecule has 1 aliphatic rings. The number of nitrogens with zero attached hydrogens (tertiary/aromatic N) is 1. The van der Waals surface area contributed by atoms with Gasteiger partial charge in [-0.05, 0) is 24.1 Å². The predicted molar refractivity (Wildman–Crippen MR) is 83.9 cm³/mol. The van der Waals surface area contributed by atoms with Crippen molar-refractivity contribution >= 4 is 11.7 Å². The summed E-state index contributed by atoms with van der Waals surface area (Å²) in [5, 5.41) is 9.90. The highest BCUT2D eigenvalue weighted by Crippen LogP contribution is 2.23. The number of benzene rings is 1. The summed E-state index contributed by atoms with van der Waals surface area (Å²) in [6, 6.07) is 12.5. The molecule has 5 nitrogen and oxygen atoms in total. The number of likely N-dealkylation sites (tertiary alicyclic amines) is 1. The van der Waals surface area contributed by atoms with Gasteiger partial charge >= 0.3 is 0 Å². The molecule has 3 rings (SSSR count). The third kappa shape index (κ3) is 3.68. The van der Waals surface area contributed by atoms with Crippen molar-refractivity contribution in [1.82, 2.24) is 4.90 Å². The SMILES string of the molecule is O=C(CC1C[C@@H](O)CN1C(=O)Cc1ccccc1)c1ccco1. The lowest BCUT2D eigenvalue weighted by molar-refractivity contribution is -0.131. The van der Waals surface area contributed by atoms with E-state index in [0.717, 1.165) is 5.56 Å². The van der Waals surface area contributed by atoms with Gasteiger partial charge in [-0.1, -0.05) is 30.3 Å². The molecule has 23 heavy (non-hydrogen) atoms. The zero-order chi connectivity index (χ0) is 16.2. The molecule has 1 saturated heterocycles. The molecule has 0 radical (unpaired) electrons. The standard InChI is InChI=1S/C18H19NO4/c20-15-10-14(11-16(21)17-7-4-8-23-17)19(12-15)18(22)9-13-5-2-1-3-6-13/h1-8,14-15,20H,9-12H2/t14?,15-/m1/s1. The van der Waals surface area contributed by atoms with E-state index in [4.69, 9.17) is 4.42 Å². The molecule has 1 aromatic heterocycles. The van der Waals surface area contributed by atoms with Crippen molar-refractivity contribution < 1.29 is 19.1 Å². The van der Waals surface area contributed by atoms with Crippen molar-refractivity contribution in [1.29, 1.82) is 0 Å². The lowest BCUT2D eigenvalue weighted by atomic mass is 10.0. The number of amides is 1. The number of carbonyl (C=O) groups is 2. The van der Waals surface area contributed by atoms with E-state index in [1.54, 1.807) is 17.0 Å². The highest BCUT2D eigenvalue weighted by Gasteiger charge is 2.35. The Bertz CT molecular complexity index is 666. The van der Waals surface area contributed by atoms with Crippen LogP contribution in [0.25, 0.3) is 0 Å². The van der Waals surface area contributed by atoms with Gasteiger partial charge in [-0.3, -0.25) is 9.59 Å². The first-order chi connectivity index (χ1) is 11.1. The third-order valence-electron chi connectivity index (χ3n) is 4.13. The number of rotatable bonds is 5. The van der Waals surface area contributed by atoms with Gasteiger partial charge in [0.2, 0.25) is 5.91 Å². The molecule has 2 aromatic rings. The smallest absolute Gasteiger partial charge is 0.227 e. The van der Waals surface area contributed by atoms with Crippen LogP contribution in [-0.4, -0.2) is 40.4 Å². The zero-order valence-corrected chi connectivity index (χ0v) is 12.7. The van der Waals surface area contributed by atoms with Crippen LogP contribution in [0.5, 0.6) is 0 Å². The summed E-state index contributed by atoms with van der Waals surface area (Å²) in [6.07, 6.45) is 1.75. The van der Waals surface area contributed by atoms with E-state index < -0.39 is 6.10 Å². The van der Waals surface area contributed by atoms with Crippen LogP contribution >= 0.6 is 0 Å². The minimum atomic E-state index is -0.580. The van der Waals surface area contributed by atoms with Crippen LogP contribution in [-0.2, 0) is 11.2 Å². The number of β-amino-alcohol motifs (C(OH)–C–C–N with tert-alkyl or cyclic N) is 1. The van der Waals surface area contributed by atoms with E-state index >= 15 is 0 Å². The lowest BCUT2D eigenvalue weighted by Gasteiger charge is -2.23. The van der Waals surface area contributed by atoms with Crippen LogP contribution in [0.3, 0.4) is 0 Å². The number of aliphatic hydroxyl groups is 1. The first-order valence-electron chi connectivity index (χ1n) is 7.71. The maximum Gasteiger partial charge on any atom is 0.227 e. The first-order valence-corrected chi connectivity index (χ1v) is 7.71. The predicted octanol–water partition coefficient (Wildman–Crippen LogP) is 2.06. The molecule has 0 spiro atoms. The van der Waals surface area contributed by atoms with E-state index in [9.17, 15) is 14.7 Å². The van der Waals surface area contributed by atoms with Crippen LogP contribution in [0.4, 0.5) is 0 Å². The molecule has 0 bridgehead atoms. The fourth-order valence-electron chi connectivity index (χ4n) is 3.01. The van der Waals surface area contributed by atoms with Gasteiger partial charge in [-0.25, -0.2) is 0 Å². The molecule has 0 saturated carbocycles. The number of Topliss-reactive ketones (excluding diaryl/α,β-unsaturated/α-hetero) is 1. The second-order valence-electron chi connectivity index (χ2n) is 5.86. The molecule has 1 aliphatic heterocycles. The molecular formula is C18H19NO4. The summed E-state index contributed by atoms with van der Waals surface area (Å²) in [4.78, 5) is 26.3. The monoisotopic (exact) mass is 313 g/mol. The molecule has 5 heteroatoms. The minimum Gasteiger partial charge on any atom is -0.461 e. The molecule has 1 aromatic carbocycles. The van der Waals surface area contributed by atoms with Gasteiger partial charge in [-0.15, -0.1) is 0 Å². The maximum atomic E-state index is 12.5. The second-order valence-corrected chi connectivity index (χ2v) is 5.86. The van der Waals surface area contributed by atoms with Gasteiger partial charge in [0.05, 0.1) is 18.8 Å². The number of furan rings is 1. The van der Waals surface area contributed by atoms with Crippen LogP contribution in [0, 0.1) is 0 Å². The Kier molecular flexibility index (Phi) is 4.57. The first kappa shape index (κ1) is 15.5. The van der Waals surface area contributed by atoms with Crippen LogP contribution in [0.15, 0.2) is 53.1 Å². The number of ketones is 1. The molecule has 2 atom stereocenters. The number of aliphatic hydroxyl groups excluding tert-OH is 1. The van der Waals surface area contributed by atoms with Gasteiger partial charge < -0.3 is 14.4 Å². The van der Waals surface area contributed by atoms with Gasteiger partial charge in [0.25, 0.3) is 0 Å². The Balaban J connectivity index is 1.67. The fourth-order valence-corrected chi connectivity index (χ4v) is 3.01. The zero-order valence-electron chi connectivity index (χ0n) is 12.7. The van der Waals surface area contributed by atoms with Crippen molar-refractivity contribution in [3.8, 4) is 0 Å². The van der Waals surface area contributed by atoms with E-state index in [-0.39, 0.29) is 37.1 Å². The fraction of sp³-hybridized carbons (Fsp3) is 0.333. The second kappa shape index (κ2) is 6.79. The van der Waals surface area contributed by atoms with Crippen molar-refractivity contribution in [2.75, 3.05) is 6.54 Å². The molecule has 1 amide bonds. The normalized spacial score (nSPS) is 20.7. The number of hydrogen-bond donors (Lipinski definition) is 1. The Morgan fingerprint density at radius 3 is 2.65 bits per heavy atom. The largest absolute Gasteiger partial charge is 0.461 e. The molecule has 0 aliphatic carbocycles. The van der Waals surface area contributed by atoms with E-state index in [1.165, 1.54) is 6.26 Å². The Morgan fingerprint density at radius 1 is 1.17 bits per heavy atom. The van der Waals surface area contributed by atoms with Gasteiger partial charge in [0.1, 0.15) is 0 Å². The minimum absolute atomic E-state index is 0.0648. The Morgan fingerprint density at radius 2 is 1.96 bits per heavy atom. The molecule has 2 heterocycles. The van der Waals surface area contributed by atoms with Crippen molar-refractivity contribution in [2.45, 2.75) is 31.4 Å². The van der Waals surface area contributed by atoms with Crippen LogP contribution < -0.4 is 0 Å². The van der Waals surface area contributed by atoms with E-state index in [1.807, 2.05) is 30.3 Å². The summed E-state index contributed by atoms with van der Waals surface area (Å²) in [5.41, 5.74) is 0.926. The van der Waals surface area contributed by atoms with Crippen molar-refractivity contribution in [3.63, 3.8) is 0 Å². The van der Waals surface area contributed by atoms with Crippen LogP contribution in [0.1, 0.15) is 29.0 Å². The van der Waals surface area contributed by atoms with Crippen molar-refractivity contribution in [3.05, 3.63) is 60.1 Å². The topological polar surface area (TPSA) is 70.8 Å². The van der Waals surface area contributed by atoms with E-state index in [2.05, 4.69) is 0 Å². The Labute approximate surface area is 134 Å². The highest BCUT2D eigenvalue weighted by molar-refractivity contribution is 5.94. The Hall–Kier alpha value is -2.40. The molecular weight excluding hydrogens is 294 g/mol. The highest BCUT2D eigenvalue weighted by atomic mass is 16.3. The maximum absolute atomic E-state index is 12.5. The van der Waals surface area contributed by atoms with Gasteiger partial charge in [0.15, 0.2) is 11.5 Å². The molecule has 120 valence electrons. The molecule has 1 unspecified atom stereocenters. The summed E-state index contributed by atoms with van der Waals surface area (Å²) in [5.74, 6) is 0.0819. The van der Waals surface area contributed by atoms with E-state index in [0.29, 0.717) is 12.2 Å². The summed E-state index contributed by atoms with van der Waals surface area (Å²) in [7, 11) is 0. The van der Waals surface area contributed by atoms with Crippen molar-refractivity contribution in [2.24, 2.45) is 0 Å². The summed E-state index contributed by atoms with van der Waals surface area (Å²) in [6.45, 7) is 0.280. The number of hydrogen-bond acceptors (Lipinski definition) is 4. The summed E-state index contributed by atoms with van der Waals surface area (Å²) < 4.78 is 5.11. The average molecular weight is 313 g/mol. The summed E-state index contributed by atoms with van der Waals surface area (Å²) >= 11 is 0. The van der Waals surface area contributed by atoms with Gasteiger partial charge in [-0.2, -0.15) is 0 Å². The number of carbonyl (C=O) groups excluding carboxylic acids is 2. The molecule has 1 fully saturated rings.